The Morgan fingerprint density at radius 1 is 1.08 bits per heavy atom. The first-order valence-corrected chi connectivity index (χ1v) is 9.13. The zero-order valence-corrected chi connectivity index (χ0v) is 14.4. The molecule has 0 atom stereocenters. The number of nitrogens with one attached hydrogen (secondary N) is 1. The Labute approximate surface area is 148 Å². The fraction of sp³-hybridized carbons (Fsp3) is 0.579. The summed E-state index contributed by atoms with van der Waals surface area (Å²) in [6.07, 6.45) is 6.16. The van der Waals surface area contributed by atoms with E-state index in [1.54, 1.807) is 4.90 Å². The number of piperidine rings is 1. The number of aliphatic carboxylic acids is 1. The van der Waals surface area contributed by atoms with Crippen LogP contribution in [-0.4, -0.2) is 41.2 Å². The van der Waals surface area contributed by atoms with Crippen LogP contribution in [0.25, 0.3) is 0 Å². The third kappa shape index (κ3) is 4.87. The van der Waals surface area contributed by atoms with E-state index in [0.717, 1.165) is 24.2 Å². The molecule has 136 valence electrons. The molecule has 0 aromatic heterocycles. The topological polar surface area (TPSA) is 78.9 Å². The first-order valence-electron chi connectivity index (χ1n) is 9.13. The Balaban J connectivity index is 1.42. The summed E-state index contributed by atoms with van der Waals surface area (Å²) < 4.78 is 5.94. The molecular formula is C19H26N2O4. The molecule has 0 unspecified atom stereocenters. The summed E-state index contributed by atoms with van der Waals surface area (Å²) in [5.74, 6) is -0.200. The molecule has 1 aliphatic carbocycles. The maximum absolute atomic E-state index is 12.2. The first-order chi connectivity index (χ1) is 12.1. The molecule has 3 rings (SSSR count). The monoisotopic (exact) mass is 346 g/mol. The lowest BCUT2D eigenvalue weighted by atomic mass is 9.97. The lowest BCUT2D eigenvalue weighted by Gasteiger charge is -2.30. The van der Waals surface area contributed by atoms with Crippen molar-refractivity contribution in [3.8, 4) is 5.75 Å². The van der Waals surface area contributed by atoms with Crippen LogP contribution in [-0.2, 0) is 11.3 Å². The van der Waals surface area contributed by atoms with Crippen LogP contribution in [0.5, 0.6) is 5.75 Å². The van der Waals surface area contributed by atoms with E-state index in [2.05, 4.69) is 5.32 Å². The number of carbonyl (C=O) groups is 2. The summed E-state index contributed by atoms with van der Waals surface area (Å²) in [5.41, 5.74) is 1.02. The normalized spacial score (nSPS) is 19.0. The zero-order chi connectivity index (χ0) is 17.6. The number of carboxylic acid groups (broad SMARTS) is 1. The maximum atomic E-state index is 12.2. The van der Waals surface area contributed by atoms with Gasteiger partial charge in [0, 0.05) is 19.6 Å². The summed E-state index contributed by atoms with van der Waals surface area (Å²) in [4.78, 5) is 24.8. The van der Waals surface area contributed by atoms with Gasteiger partial charge in [0.15, 0.2) is 0 Å². The molecule has 6 nitrogen and oxygen atoms in total. The second-order valence-corrected chi connectivity index (χ2v) is 6.93. The van der Waals surface area contributed by atoms with Gasteiger partial charge in [-0.05, 0) is 56.2 Å². The van der Waals surface area contributed by atoms with Crippen molar-refractivity contribution in [3.05, 3.63) is 29.8 Å². The zero-order valence-electron chi connectivity index (χ0n) is 14.4. The summed E-state index contributed by atoms with van der Waals surface area (Å²) >= 11 is 0. The second-order valence-electron chi connectivity index (χ2n) is 6.93. The number of hydrogen-bond donors (Lipinski definition) is 2. The van der Waals surface area contributed by atoms with Crippen molar-refractivity contribution in [2.24, 2.45) is 5.92 Å². The van der Waals surface area contributed by atoms with Gasteiger partial charge in [0.2, 0.25) is 0 Å². The average molecular weight is 346 g/mol. The lowest BCUT2D eigenvalue weighted by Crippen LogP contribution is -2.45. The van der Waals surface area contributed by atoms with Crippen molar-refractivity contribution in [2.75, 3.05) is 13.1 Å². The van der Waals surface area contributed by atoms with Crippen LogP contribution in [0.1, 0.15) is 44.1 Å². The maximum Gasteiger partial charge on any atom is 0.317 e. The minimum Gasteiger partial charge on any atom is -0.490 e. The van der Waals surface area contributed by atoms with Gasteiger partial charge in [-0.3, -0.25) is 4.79 Å². The summed E-state index contributed by atoms with van der Waals surface area (Å²) in [6, 6.07) is 7.73. The van der Waals surface area contributed by atoms with Crippen molar-refractivity contribution in [1.29, 1.82) is 0 Å². The van der Waals surface area contributed by atoms with Crippen LogP contribution in [0, 0.1) is 5.92 Å². The molecule has 0 radical (unpaired) electrons. The number of amides is 2. The van der Waals surface area contributed by atoms with Crippen molar-refractivity contribution < 1.29 is 19.4 Å². The molecule has 1 saturated carbocycles. The molecule has 1 aliphatic heterocycles. The van der Waals surface area contributed by atoms with Crippen molar-refractivity contribution in [2.45, 2.75) is 51.2 Å². The highest BCUT2D eigenvalue weighted by Gasteiger charge is 2.26. The van der Waals surface area contributed by atoms with Crippen molar-refractivity contribution in [1.82, 2.24) is 10.2 Å². The molecular weight excluding hydrogens is 320 g/mol. The van der Waals surface area contributed by atoms with Gasteiger partial charge in [-0.1, -0.05) is 12.1 Å². The predicted molar refractivity (Wildman–Crippen MR) is 93.5 cm³/mol. The van der Waals surface area contributed by atoms with Crippen LogP contribution in [0.3, 0.4) is 0 Å². The summed E-state index contributed by atoms with van der Waals surface area (Å²) in [7, 11) is 0. The Bertz CT molecular complexity index is 588. The van der Waals surface area contributed by atoms with Crippen molar-refractivity contribution >= 4 is 12.0 Å². The van der Waals surface area contributed by atoms with E-state index >= 15 is 0 Å². The second kappa shape index (κ2) is 8.23. The van der Waals surface area contributed by atoms with Gasteiger partial charge in [-0.25, -0.2) is 4.79 Å². The molecule has 2 N–H and O–H groups in total. The van der Waals surface area contributed by atoms with E-state index in [1.165, 1.54) is 12.8 Å². The highest BCUT2D eigenvalue weighted by molar-refractivity contribution is 5.75. The van der Waals surface area contributed by atoms with Gasteiger partial charge in [-0.2, -0.15) is 0 Å². The van der Waals surface area contributed by atoms with Crippen LogP contribution in [0.15, 0.2) is 24.3 Å². The summed E-state index contributed by atoms with van der Waals surface area (Å²) in [6.45, 7) is 1.45. The molecule has 0 bridgehead atoms. The van der Waals surface area contributed by atoms with Crippen molar-refractivity contribution in [3.63, 3.8) is 0 Å². The van der Waals surface area contributed by atoms with Gasteiger partial charge in [-0.15, -0.1) is 0 Å². The van der Waals surface area contributed by atoms with E-state index in [9.17, 15) is 9.59 Å². The highest BCUT2D eigenvalue weighted by atomic mass is 16.5. The molecule has 6 heteroatoms. The fourth-order valence-electron chi connectivity index (χ4n) is 3.50. The van der Waals surface area contributed by atoms with Gasteiger partial charge >= 0.3 is 12.0 Å². The van der Waals surface area contributed by atoms with Crippen LogP contribution < -0.4 is 10.1 Å². The standard InChI is InChI=1S/C19H26N2O4/c22-18(23)15-9-11-21(12-10-15)19(24)20-13-14-5-7-17(8-6-14)25-16-3-1-2-4-16/h5-8,15-16H,1-4,9-13H2,(H,20,24)(H,22,23). The van der Waals surface area contributed by atoms with Crippen LogP contribution >= 0.6 is 0 Å². The molecule has 0 spiro atoms. The van der Waals surface area contributed by atoms with E-state index < -0.39 is 5.97 Å². The minimum atomic E-state index is -0.764. The van der Waals surface area contributed by atoms with Crippen LogP contribution in [0.2, 0.25) is 0 Å². The Hall–Kier alpha value is -2.24. The minimum absolute atomic E-state index is 0.130. The Morgan fingerprint density at radius 3 is 2.32 bits per heavy atom. The smallest absolute Gasteiger partial charge is 0.317 e. The fourth-order valence-corrected chi connectivity index (χ4v) is 3.50. The van der Waals surface area contributed by atoms with Gasteiger partial charge < -0.3 is 20.1 Å². The summed E-state index contributed by atoms with van der Waals surface area (Å²) in [5, 5.41) is 11.9. The van der Waals surface area contributed by atoms with Gasteiger partial charge in [0.25, 0.3) is 0 Å². The van der Waals surface area contributed by atoms with E-state index in [4.69, 9.17) is 9.84 Å². The average Bonchev–Trinajstić information content (AvgIpc) is 3.14. The number of benzene rings is 1. The molecule has 2 fully saturated rings. The number of urea groups is 1. The molecule has 1 aromatic rings. The van der Waals surface area contributed by atoms with E-state index in [0.29, 0.717) is 38.6 Å². The number of likely N-dealkylation sites (tertiary alicyclic amines) is 1. The number of carboxylic acids is 1. The molecule has 25 heavy (non-hydrogen) atoms. The predicted octanol–water partition coefficient (Wildman–Crippen LogP) is 3.01. The number of nitrogens with zero attached hydrogens (tertiary/aromatic N) is 1. The largest absolute Gasteiger partial charge is 0.490 e. The third-order valence-electron chi connectivity index (χ3n) is 5.10. The quantitative estimate of drug-likeness (QED) is 0.859. The SMILES string of the molecule is O=C(O)C1CCN(C(=O)NCc2ccc(OC3CCCC3)cc2)CC1. The van der Waals surface area contributed by atoms with Gasteiger partial charge in [0.1, 0.15) is 5.75 Å². The van der Waals surface area contributed by atoms with Gasteiger partial charge in [0.05, 0.1) is 12.0 Å². The Morgan fingerprint density at radius 2 is 1.72 bits per heavy atom. The van der Waals surface area contributed by atoms with E-state index in [-0.39, 0.29) is 11.9 Å². The number of rotatable bonds is 5. The number of hydrogen-bond acceptors (Lipinski definition) is 3. The molecule has 2 aliphatic rings. The first kappa shape index (κ1) is 17.6. The highest BCUT2D eigenvalue weighted by Crippen LogP contribution is 2.24. The number of carbonyl (C=O) groups excluding carboxylic acids is 1. The molecule has 1 saturated heterocycles. The van der Waals surface area contributed by atoms with E-state index in [1.807, 2.05) is 24.3 Å². The molecule has 1 aromatic carbocycles. The van der Waals surface area contributed by atoms with Crippen LogP contribution in [0.4, 0.5) is 4.79 Å². The Kier molecular flexibility index (Phi) is 5.79. The molecule has 2 amide bonds. The molecule has 1 heterocycles. The number of ether oxygens (including phenoxy) is 1. The third-order valence-corrected chi connectivity index (χ3v) is 5.10. The lowest BCUT2D eigenvalue weighted by molar-refractivity contribution is -0.143.